The van der Waals surface area contributed by atoms with Crippen LogP contribution in [-0.2, 0) is 0 Å². The van der Waals surface area contributed by atoms with Gasteiger partial charge < -0.3 is 9.30 Å². The Bertz CT molecular complexity index is 1110. The molecular weight excluding hydrogens is 342 g/mol. The van der Waals surface area contributed by atoms with Crippen molar-refractivity contribution >= 4 is 11.6 Å². The van der Waals surface area contributed by atoms with Crippen molar-refractivity contribution in [3.05, 3.63) is 66.4 Å². The van der Waals surface area contributed by atoms with Crippen molar-refractivity contribution in [3.63, 3.8) is 0 Å². The molecule has 5 heterocycles. The minimum Gasteiger partial charge on any atom is -0.333 e. The fraction of sp³-hybridized carbons (Fsp3) is 0.211. The average Bonchev–Trinajstić information content (AvgIpc) is 3.27. The lowest BCUT2D eigenvalue weighted by atomic mass is 10.1. The minimum absolute atomic E-state index is 0.0370. The Morgan fingerprint density at radius 1 is 1.11 bits per heavy atom. The number of amides is 1. The van der Waals surface area contributed by atoms with Gasteiger partial charge in [-0.25, -0.2) is 9.67 Å². The number of hydrogen-bond donors (Lipinski definition) is 0. The van der Waals surface area contributed by atoms with Crippen LogP contribution in [-0.4, -0.2) is 53.3 Å². The van der Waals surface area contributed by atoms with E-state index in [0.29, 0.717) is 18.8 Å². The molecule has 1 aliphatic rings. The van der Waals surface area contributed by atoms with Crippen molar-refractivity contribution in [1.29, 1.82) is 0 Å². The number of carbonyl (C=O) groups excluding carboxylic acids is 1. The van der Waals surface area contributed by atoms with Crippen molar-refractivity contribution in [2.75, 3.05) is 13.1 Å². The van der Waals surface area contributed by atoms with Crippen LogP contribution in [0.15, 0.2) is 55.1 Å². The predicted molar refractivity (Wildman–Crippen MR) is 98.1 cm³/mol. The van der Waals surface area contributed by atoms with Gasteiger partial charge in [-0.2, -0.15) is 0 Å². The lowest BCUT2D eigenvalue weighted by Crippen LogP contribution is -2.51. The van der Waals surface area contributed by atoms with Gasteiger partial charge in [0.25, 0.3) is 5.91 Å². The summed E-state index contributed by atoms with van der Waals surface area (Å²) in [5, 5.41) is 8.48. The number of aryl methyl sites for hydroxylation is 1. The fourth-order valence-corrected chi connectivity index (χ4v) is 3.28. The second-order valence-corrected chi connectivity index (χ2v) is 6.71. The zero-order valence-corrected chi connectivity index (χ0v) is 14.7. The van der Waals surface area contributed by atoms with Crippen LogP contribution in [0.1, 0.15) is 22.1 Å². The molecule has 1 saturated heterocycles. The number of aromatic nitrogens is 6. The zero-order chi connectivity index (χ0) is 18.4. The minimum atomic E-state index is -0.0370. The van der Waals surface area contributed by atoms with Crippen LogP contribution in [0.3, 0.4) is 0 Å². The number of pyridine rings is 2. The first-order chi connectivity index (χ1) is 13.2. The van der Waals surface area contributed by atoms with Crippen LogP contribution in [0.5, 0.6) is 0 Å². The molecule has 0 unspecified atom stereocenters. The molecule has 0 atom stereocenters. The number of imidazole rings is 1. The lowest BCUT2D eigenvalue weighted by molar-refractivity contribution is 0.0491. The molecule has 8 heteroatoms. The molecule has 0 aromatic carbocycles. The Hall–Kier alpha value is -3.55. The number of fused-ring (bicyclic) bond motifs is 1. The first-order valence-electron chi connectivity index (χ1n) is 8.76. The molecule has 1 fully saturated rings. The molecule has 0 aliphatic carbocycles. The molecule has 1 aliphatic heterocycles. The molecule has 4 aromatic rings. The highest BCUT2D eigenvalue weighted by atomic mass is 16.2. The summed E-state index contributed by atoms with van der Waals surface area (Å²) < 4.78 is 3.77. The summed E-state index contributed by atoms with van der Waals surface area (Å²) in [4.78, 5) is 23.1. The summed E-state index contributed by atoms with van der Waals surface area (Å²) in [5.41, 5.74) is 3.78. The van der Waals surface area contributed by atoms with E-state index in [1.807, 2.05) is 64.9 Å². The van der Waals surface area contributed by atoms with E-state index in [1.54, 1.807) is 11.1 Å². The number of rotatable bonds is 3. The molecule has 0 saturated carbocycles. The Morgan fingerprint density at radius 2 is 2.00 bits per heavy atom. The maximum atomic E-state index is 12.6. The maximum absolute atomic E-state index is 12.6. The SMILES string of the molecule is Cc1cccnc1C(=O)N1CC(n2cc(-c3cn4ccccc4n3)nn2)C1. The third-order valence-corrected chi connectivity index (χ3v) is 4.87. The van der Waals surface area contributed by atoms with Gasteiger partial charge in [-0.3, -0.25) is 9.78 Å². The topological polar surface area (TPSA) is 81.2 Å². The van der Waals surface area contributed by atoms with E-state index >= 15 is 0 Å². The van der Waals surface area contributed by atoms with Crippen molar-refractivity contribution < 1.29 is 4.79 Å². The average molecular weight is 359 g/mol. The number of likely N-dealkylation sites (tertiary alicyclic amines) is 1. The summed E-state index contributed by atoms with van der Waals surface area (Å²) >= 11 is 0. The van der Waals surface area contributed by atoms with Crippen LogP contribution in [0, 0.1) is 6.92 Å². The van der Waals surface area contributed by atoms with Crippen molar-refractivity contribution in [2.45, 2.75) is 13.0 Å². The normalized spacial score (nSPS) is 14.5. The van der Waals surface area contributed by atoms with E-state index in [-0.39, 0.29) is 11.9 Å². The van der Waals surface area contributed by atoms with Gasteiger partial charge in [-0.05, 0) is 30.7 Å². The number of carbonyl (C=O) groups is 1. The summed E-state index contributed by atoms with van der Waals surface area (Å²) in [6.45, 7) is 3.10. The molecule has 0 N–H and O–H groups in total. The highest BCUT2D eigenvalue weighted by Crippen LogP contribution is 2.25. The highest BCUT2D eigenvalue weighted by Gasteiger charge is 2.34. The van der Waals surface area contributed by atoms with Gasteiger partial charge in [-0.1, -0.05) is 17.3 Å². The van der Waals surface area contributed by atoms with E-state index in [4.69, 9.17) is 0 Å². The Morgan fingerprint density at radius 3 is 2.81 bits per heavy atom. The largest absolute Gasteiger partial charge is 0.333 e. The van der Waals surface area contributed by atoms with Gasteiger partial charge in [0, 0.05) is 31.7 Å². The predicted octanol–water partition coefficient (Wildman–Crippen LogP) is 1.99. The number of nitrogens with zero attached hydrogens (tertiary/aromatic N) is 7. The van der Waals surface area contributed by atoms with Crippen molar-refractivity contribution in [2.24, 2.45) is 0 Å². The van der Waals surface area contributed by atoms with Crippen LogP contribution in [0.2, 0.25) is 0 Å². The molecule has 134 valence electrons. The van der Waals surface area contributed by atoms with Gasteiger partial charge in [0.05, 0.1) is 12.2 Å². The van der Waals surface area contributed by atoms with Gasteiger partial charge in [-0.15, -0.1) is 5.10 Å². The summed E-state index contributed by atoms with van der Waals surface area (Å²) in [7, 11) is 0. The molecule has 8 nitrogen and oxygen atoms in total. The first kappa shape index (κ1) is 15.7. The summed E-state index contributed by atoms with van der Waals surface area (Å²) in [6, 6.07) is 9.71. The van der Waals surface area contributed by atoms with E-state index in [1.165, 1.54) is 0 Å². The van der Waals surface area contributed by atoms with E-state index in [9.17, 15) is 4.79 Å². The van der Waals surface area contributed by atoms with E-state index < -0.39 is 0 Å². The Labute approximate surface area is 155 Å². The second-order valence-electron chi connectivity index (χ2n) is 6.71. The Kier molecular flexibility index (Phi) is 3.49. The van der Waals surface area contributed by atoms with Crippen LogP contribution < -0.4 is 0 Å². The number of hydrogen-bond acceptors (Lipinski definition) is 5. The van der Waals surface area contributed by atoms with E-state index in [2.05, 4.69) is 20.3 Å². The van der Waals surface area contributed by atoms with Crippen molar-refractivity contribution in [3.8, 4) is 11.4 Å². The van der Waals surface area contributed by atoms with Gasteiger partial charge in [0.2, 0.25) is 0 Å². The standard InChI is InChI=1S/C19H17N7O/c1-13-5-4-7-20-18(13)19(27)25-9-14(10-25)26-12-16(22-23-26)15-11-24-8-3-2-6-17(24)21-15/h2-8,11-12,14H,9-10H2,1H3. The molecular formula is C19H17N7O. The summed E-state index contributed by atoms with van der Waals surface area (Å²) in [6.07, 6.45) is 7.42. The molecule has 4 aromatic heterocycles. The third kappa shape index (κ3) is 2.66. The second kappa shape index (κ2) is 6.01. The van der Waals surface area contributed by atoms with Gasteiger partial charge in [0.15, 0.2) is 0 Å². The Balaban J connectivity index is 1.30. The smallest absolute Gasteiger partial charge is 0.272 e. The molecule has 5 rings (SSSR count). The molecule has 0 radical (unpaired) electrons. The first-order valence-corrected chi connectivity index (χ1v) is 8.76. The molecule has 0 spiro atoms. The van der Waals surface area contributed by atoms with Gasteiger partial charge in [0.1, 0.15) is 22.7 Å². The molecule has 27 heavy (non-hydrogen) atoms. The maximum Gasteiger partial charge on any atom is 0.272 e. The van der Waals surface area contributed by atoms with Crippen LogP contribution in [0.25, 0.3) is 17.0 Å². The van der Waals surface area contributed by atoms with Crippen LogP contribution in [0.4, 0.5) is 0 Å². The van der Waals surface area contributed by atoms with Crippen molar-refractivity contribution in [1.82, 2.24) is 34.3 Å². The summed E-state index contributed by atoms with van der Waals surface area (Å²) in [5.74, 6) is -0.0370. The zero-order valence-electron chi connectivity index (χ0n) is 14.7. The van der Waals surface area contributed by atoms with E-state index in [0.717, 1.165) is 22.6 Å². The highest BCUT2D eigenvalue weighted by molar-refractivity contribution is 5.94. The van der Waals surface area contributed by atoms with Gasteiger partial charge >= 0.3 is 0 Å². The fourth-order valence-electron chi connectivity index (χ4n) is 3.28. The monoisotopic (exact) mass is 359 g/mol. The third-order valence-electron chi connectivity index (χ3n) is 4.87. The van der Waals surface area contributed by atoms with Crippen LogP contribution >= 0.6 is 0 Å². The molecule has 1 amide bonds. The lowest BCUT2D eigenvalue weighted by Gasteiger charge is -2.38. The molecule has 0 bridgehead atoms. The quantitative estimate of drug-likeness (QED) is 0.559.